The van der Waals surface area contributed by atoms with E-state index < -0.39 is 18.1 Å². The van der Waals surface area contributed by atoms with E-state index in [1.54, 1.807) is 0 Å². The molecule has 0 saturated carbocycles. The third kappa shape index (κ3) is 8.40. The normalized spacial score (nSPS) is 11.1. The Morgan fingerprint density at radius 3 is 2.38 bits per heavy atom. The van der Waals surface area contributed by atoms with Crippen molar-refractivity contribution < 1.29 is 21.5 Å². The van der Waals surface area contributed by atoms with E-state index in [0.717, 1.165) is 32.7 Å². The number of hydrogen-bond donors (Lipinski definition) is 1. The number of nitrogens with zero attached hydrogens (tertiary/aromatic N) is 2. The third-order valence-corrected chi connectivity index (χ3v) is 4.39. The first-order valence-electron chi connectivity index (χ1n) is 5.80. The minimum absolute atomic E-state index is 0.813. The first-order chi connectivity index (χ1) is 7.63. The fourth-order valence-electron chi connectivity index (χ4n) is 1.46. The summed E-state index contributed by atoms with van der Waals surface area (Å²) in [6.07, 6.45) is 1.18. The molecule has 0 aliphatic carbocycles. The molecule has 0 saturated heterocycles. The number of rotatable bonds is 9. The average molecular weight is 399 g/mol. The molecule has 96 valence electrons. The van der Waals surface area contributed by atoms with Gasteiger partial charge in [-0.25, -0.2) is 0 Å². The van der Waals surface area contributed by atoms with Crippen molar-refractivity contribution in [3.8, 4) is 0 Å². The molecule has 0 atom stereocenters. The quantitative estimate of drug-likeness (QED) is 0.596. The Kier molecular flexibility index (Phi) is 10.6. The van der Waals surface area contributed by atoms with Crippen molar-refractivity contribution in [2.24, 2.45) is 0 Å². The zero-order chi connectivity index (χ0) is 12.4. The van der Waals surface area contributed by atoms with Crippen LogP contribution < -0.4 is 5.32 Å². The Labute approximate surface area is 108 Å². The van der Waals surface area contributed by atoms with E-state index in [0.29, 0.717) is 0 Å². The van der Waals surface area contributed by atoms with Gasteiger partial charge in [0.2, 0.25) is 0 Å². The van der Waals surface area contributed by atoms with Gasteiger partial charge in [-0.2, -0.15) is 0 Å². The van der Waals surface area contributed by atoms with E-state index in [2.05, 4.69) is 36.1 Å². The molecule has 0 aromatic rings. The molecule has 16 heavy (non-hydrogen) atoms. The van der Waals surface area contributed by atoms with Gasteiger partial charge in [0.25, 0.3) is 0 Å². The van der Waals surface area contributed by atoms with E-state index in [4.69, 9.17) is 0 Å². The van der Waals surface area contributed by atoms with Gasteiger partial charge in [-0.1, -0.05) is 0 Å². The number of nitrogens with one attached hydrogen (secondary N) is 1. The Hall–Kier alpha value is 0.238. The molecule has 0 rings (SSSR count). The molecule has 0 bridgehead atoms. The van der Waals surface area contributed by atoms with Gasteiger partial charge in [0, 0.05) is 0 Å². The van der Waals surface area contributed by atoms with Gasteiger partial charge in [0.15, 0.2) is 0 Å². The molecule has 0 amide bonds. The summed E-state index contributed by atoms with van der Waals surface area (Å²) in [6, 6.07) is 0. The standard InChI is InChI=1S/C11H25N3.O.W/c1-5-13(3)10-7-11-14(4)9-6-8-12-2;;/h12H,5,7-11H2,1-4H3;;. The topological polar surface area (TPSA) is 35.6 Å². The Morgan fingerprint density at radius 1 is 1.25 bits per heavy atom. The summed E-state index contributed by atoms with van der Waals surface area (Å²) in [6.45, 7) is 7.20. The average Bonchev–Trinajstić information content (AvgIpc) is 2.28. The van der Waals surface area contributed by atoms with Crippen LogP contribution in [-0.4, -0.2) is 67.6 Å². The second-order valence-corrected chi connectivity index (χ2v) is 6.81. The zero-order valence-electron chi connectivity index (χ0n) is 11.0. The monoisotopic (exact) mass is 399 g/mol. The fraction of sp³-hybridized carbons (Fsp3) is 0.909. The van der Waals surface area contributed by atoms with Gasteiger partial charge in [0.1, 0.15) is 0 Å². The summed E-state index contributed by atoms with van der Waals surface area (Å²) in [5.74, 6) is 0. The van der Waals surface area contributed by atoms with Crippen molar-refractivity contribution in [1.29, 1.82) is 0 Å². The van der Waals surface area contributed by atoms with Crippen molar-refractivity contribution in [2.75, 3.05) is 53.9 Å². The van der Waals surface area contributed by atoms with Gasteiger partial charge in [-0.3, -0.25) is 0 Å². The van der Waals surface area contributed by atoms with Crippen molar-refractivity contribution in [1.82, 2.24) is 15.1 Å². The summed E-state index contributed by atoms with van der Waals surface area (Å²) in [5.41, 5.74) is 0. The molecule has 0 unspecified atom stereocenters. The molecule has 0 radical (unpaired) electrons. The zero-order valence-corrected chi connectivity index (χ0v) is 13.9. The van der Waals surface area contributed by atoms with E-state index >= 15 is 0 Å². The Balaban J connectivity index is 3.72. The van der Waals surface area contributed by atoms with E-state index in [-0.39, 0.29) is 0 Å². The third-order valence-electron chi connectivity index (χ3n) is 2.56. The maximum absolute atomic E-state index is 11.0. The van der Waals surface area contributed by atoms with Crippen LogP contribution in [0.3, 0.4) is 0 Å². The molecule has 5 heteroatoms. The van der Waals surface area contributed by atoms with Crippen LogP contribution in [0.4, 0.5) is 0 Å². The van der Waals surface area contributed by atoms with Crippen LogP contribution in [0.1, 0.15) is 13.3 Å². The van der Waals surface area contributed by atoms with Crippen LogP contribution in [0.25, 0.3) is 0 Å². The summed E-state index contributed by atoms with van der Waals surface area (Å²) >= 11 is -1.45. The van der Waals surface area contributed by atoms with E-state index in [1.165, 1.54) is 10.3 Å². The molecule has 0 aromatic carbocycles. The predicted molar refractivity (Wildman–Crippen MR) is 64.9 cm³/mol. The molecule has 1 N–H and O–H groups in total. The molecule has 4 nitrogen and oxygen atoms in total. The second-order valence-electron chi connectivity index (χ2n) is 4.14. The molecule has 0 aliphatic rings. The van der Waals surface area contributed by atoms with Crippen LogP contribution >= 0.6 is 0 Å². The first kappa shape index (κ1) is 16.2. The van der Waals surface area contributed by atoms with Crippen molar-refractivity contribution in [3.63, 3.8) is 0 Å². The Bertz CT molecular complexity index is 229. The minimum atomic E-state index is -1.45. The summed E-state index contributed by atoms with van der Waals surface area (Å²) in [5, 5.41) is 3.08. The van der Waals surface area contributed by atoms with Crippen molar-refractivity contribution >= 4 is 3.90 Å². The van der Waals surface area contributed by atoms with Crippen molar-refractivity contribution in [2.45, 2.75) is 13.3 Å². The first-order valence-corrected chi connectivity index (χ1v) is 8.46. The number of hydrogen-bond acceptors (Lipinski definition) is 4. The SMILES string of the molecule is CCN(C)CCCN(C)C[C](CNC)=[W]=[O]. The van der Waals surface area contributed by atoms with Crippen LogP contribution in [0.15, 0.2) is 0 Å². The Morgan fingerprint density at radius 2 is 1.88 bits per heavy atom. The summed E-state index contributed by atoms with van der Waals surface area (Å²) < 4.78 is 12.2. The van der Waals surface area contributed by atoms with Crippen LogP contribution in [0.5, 0.6) is 0 Å². The molecule has 0 spiro atoms. The van der Waals surface area contributed by atoms with Crippen LogP contribution in [-0.2, 0) is 21.5 Å². The van der Waals surface area contributed by atoms with Crippen LogP contribution in [0, 0.1) is 0 Å². The summed E-state index contributed by atoms with van der Waals surface area (Å²) in [7, 11) is 6.16. The molecule has 0 fully saturated rings. The summed E-state index contributed by atoms with van der Waals surface area (Å²) in [4.78, 5) is 4.59. The molecular formula is C11H25N3OW. The molecular weight excluding hydrogens is 374 g/mol. The molecule has 0 aliphatic heterocycles. The van der Waals surface area contributed by atoms with Crippen LogP contribution in [0.2, 0.25) is 0 Å². The van der Waals surface area contributed by atoms with Gasteiger partial charge in [0.05, 0.1) is 0 Å². The van der Waals surface area contributed by atoms with Crippen molar-refractivity contribution in [3.05, 3.63) is 0 Å². The van der Waals surface area contributed by atoms with E-state index in [1.807, 2.05) is 7.05 Å². The fourth-order valence-corrected chi connectivity index (χ4v) is 3.17. The van der Waals surface area contributed by atoms with Gasteiger partial charge in [-0.05, 0) is 0 Å². The maximum atomic E-state index is 11.0. The predicted octanol–water partition coefficient (Wildman–Crippen LogP) is 0.0798. The van der Waals surface area contributed by atoms with E-state index in [9.17, 15) is 3.40 Å². The molecule has 0 heterocycles. The van der Waals surface area contributed by atoms with Gasteiger partial charge >= 0.3 is 108 Å². The molecule has 0 aromatic heterocycles. The second kappa shape index (κ2) is 10.4. The van der Waals surface area contributed by atoms with Gasteiger partial charge in [-0.15, -0.1) is 0 Å². The van der Waals surface area contributed by atoms with Gasteiger partial charge < -0.3 is 0 Å².